The lowest BCUT2D eigenvalue weighted by Gasteiger charge is -2.19. The quantitative estimate of drug-likeness (QED) is 0.348. The fourth-order valence-corrected chi connectivity index (χ4v) is 4.19. The minimum atomic E-state index is -0.221. The van der Waals surface area contributed by atoms with Crippen LogP contribution in [-0.2, 0) is 9.59 Å². The number of hydrogen-bond acceptors (Lipinski definition) is 6. The summed E-state index contributed by atoms with van der Waals surface area (Å²) >= 11 is 0. The molecule has 8 heteroatoms. The predicted molar refractivity (Wildman–Crippen MR) is 148 cm³/mol. The average Bonchev–Trinajstić information content (AvgIpc) is 3.22. The molecule has 0 aromatic heterocycles. The Morgan fingerprint density at radius 1 is 0.973 bits per heavy atom. The number of rotatable bonds is 10. The van der Waals surface area contributed by atoms with Crippen LogP contribution in [0.3, 0.4) is 0 Å². The monoisotopic (exact) mass is 500 g/mol. The van der Waals surface area contributed by atoms with Crippen LogP contribution in [0.15, 0.2) is 66.7 Å². The van der Waals surface area contributed by atoms with Gasteiger partial charge < -0.3 is 30.7 Å². The fraction of sp³-hybridized carbons (Fsp3) is 0.241. The molecule has 3 aromatic carbocycles. The van der Waals surface area contributed by atoms with Crippen molar-refractivity contribution in [3.63, 3.8) is 0 Å². The Kier molecular flexibility index (Phi) is 8.10. The van der Waals surface area contributed by atoms with Gasteiger partial charge in [-0.3, -0.25) is 9.59 Å². The van der Waals surface area contributed by atoms with Crippen LogP contribution in [0.2, 0.25) is 0 Å². The molecule has 0 fully saturated rings. The minimum Gasteiger partial charge on any atom is -0.490 e. The summed E-state index contributed by atoms with van der Waals surface area (Å²) in [6.07, 6.45) is 0.282. The molecule has 1 heterocycles. The first-order valence-electron chi connectivity index (χ1n) is 12.4. The molecule has 0 bridgehead atoms. The third-order valence-electron chi connectivity index (χ3n) is 6.00. The molecule has 1 aliphatic rings. The Morgan fingerprint density at radius 2 is 1.62 bits per heavy atom. The molecule has 1 aliphatic heterocycles. The molecule has 0 unspecified atom stereocenters. The molecule has 192 valence electrons. The Bertz CT molecular complexity index is 1300. The van der Waals surface area contributed by atoms with Crippen molar-refractivity contribution >= 4 is 40.1 Å². The number of ether oxygens (including phenoxy) is 2. The Labute approximate surface area is 217 Å². The van der Waals surface area contributed by atoms with E-state index in [0.717, 1.165) is 22.5 Å². The highest BCUT2D eigenvalue weighted by molar-refractivity contribution is 6.37. The molecular weight excluding hydrogens is 468 g/mol. The molecule has 0 saturated carbocycles. The molecule has 3 aromatic rings. The molecular formula is C29H32N4O4. The van der Waals surface area contributed by atoms with Crippen molar-refractivity contribution < 1.29 is 19.1 Å². The first kappa shape index (κ1) is 25.8. The second kappa shape index (κ2) is 11.6. The Balaban J connectivity index is 1.77. The number of hydrogen-bond donors (Lipinski definition) is 3. The van der Waals surface area contributed by atoms with E-state index in [0.29, 0.717) is 48.2 Å². The van der Waals surface area contributed by atoms with E-state index in [4.69, 9.17) is 15.2 Å². The normalized spacial score (nSPS) is 13.5. The van der Waals surface area contributed by atoms with Crippen LogP contribution in [0, 0.1) is 0 Å². The molecule has 8 nitrogen and oxygen atoms in total. The summed E-state index contributed by atoms with van der Waals surface area (Å²) in [5.74, 6) is 0.897. The van der Waals surface area contributed by atoms with E-state index >= 15 is 0 Å². The van der Waals surface area contributed by atoms with E-state index in [1.165, 1.54) is 0 Å². The summed E-state index contributed by atoms with van der Waals surface area (Å²) in [5, 5.41) is 6.42. The lowest BCUT2D eigenvalue weighted by atomic mass is 9.99. The summed E-state index contributed by atoms with van der Waals surface area (Å²) in [6.45, 7) is 5.07. The molecule has 2 amide bonds. The number of carbonyl (C=O) groups is 2. The summed E-state index contributed by atoms with van der Waals surface area (Å²) in [6, 6.07) is 20.8. The zero-order chi connectivity index (χ0) is 26.4. The van der Waals surface area contributed by atoms with Crippen LogP contribution in [0.1, 0.15) is 31.4 Å². The molecule has 0 atom stereocenters. The largest absolute Gasteiger partial charge is 0.490 e. The molecule has 4 rings (SSSR count). The zero-order valence-corrected chi connectivity index (χ0v) is 21.3. The van der Waals surface area contributed by atoms with Gasteiger partial charge in [-0.05, 0) is 49.7 Å². The second-order valence-electron chi connectivity index (χ2n) is 8.44. The van der Waals surface area contributed by atoms with Gasteiger partial charge in [0.05, 0.1) is 30.2 Å². The van der Waals surface area contributed by atoms with Crippen molar-refractivity contribution in [1.29, 1.82) is 0 Å². The summed E-state index contributed by atoms with van der Waals surface area (Å²) < 4.78 is 11.6. The van der Waals surface area contributed by atoms with Gasteiger partial charge in [0.15, 0.2) is 11.5 Å². The standard InChI is InChI=1S/C29H32N4O4/c1-4-36-24-17-22-23(18-25(24)37-5-2)32-29(35)27(22)28(19-9-7-6-8-10-19)31-20-11-13-21(14-12-20)33(3)26(34)15-16-30/h6-14,17-18,31H,4-5,15-16,30H2,1-3H3,(H,32,35)/b28-27+. The van der Waals surface area contributed by atoms with E-state index in [1.807, 2.05) is 74.5 Å². The van der Waals surface area contributed by atoms with E-state index in [-0.39, 0.29) is 18.2 Å². The van der Waals surface area contributed by atoms with Gasteiger partial charge in [-0.2, -0.15) is 0 Å². The summed E-state index contributed by atoms with van der Waals surface area (Å²) in [5.41, 5.74) is 10.5. The number of anilines is 3. The van der Waals surface area contributed by atoms with Crippen LogP contribution in [0.4, 0.5) is 17.1 Å². The number of carbonyl (C=O) groups excluding carboxylic acids is 2. The molecule has 0 aliphatic carbocycles. The number of nitrogens with one attached hydrogen (secondary N) is 2. The zero-order valence-electron chi connectivity index (χ0n) is 21.3. The third-order valence-corrected chi connectivity index (χ3v) is 6.00. The summed E-state index contributed by atoms with van der Waals surface area (Å²) in [4.78, 5) is 27.1. The fourth-order valence-electron chi connectivity index (χ4n) is 4.19. The number of nitrogens with two attached hydrogens (primary N) is 1. The van der Waals surface area contributed by atoms with Gasteiger partial charge in [0, 0.05) is 43.0 Å². The van der Waals surface area contributed by atoms with Gasteiger partial charge in [-0.1, -0.05) is 30.3 Å². The van der Waals surface area contributed by atoms with Gasteiger partial charge in [0.25, 0.3) is 5.91 Å². The number of nitrogens with zero attached hydrogens (tertiary/aromatic N) is 1. The van der Waals surface area contributed by atoms with Crippen molar-refractivity contribution in [2.75, 3.05) is 42.3 Å². The van der Waals surface area contributed by atoms with Crippen molar-refractivity contribution in [2.45, 2.75) is 20.3 Å². The molecule has 0 saturated heterocycles. The van der Waals surface area contributed by atoms with Crippen molar-refractivity contribution in [3.05, 3.63) is 77.9 Å². The van der Waals surface area contributed by atoms with Crippen LogP contribution in [-0.4, -0.2) is 38.6 Å². The van der Waals surface area contributed by atoms with E-state index in [1.54, 1.807) is 18.0 Å². The number of benzene rings is 3. The van der Waals surface area contributed by atoms with Crippen LogP contribution in [0.25, 0.3) is 11.3 Å². The highest BCUT2D eigenvalue weighted by Crippen LogP contribution is 2.43. The Morgan fingerprint density at radius 3 is 2.24 bits per heavy atom. The first-order valence-corrected chi connectivity index (χ1v) is 12.4. The highest BCUT2D eigenvalue weighted by atomic mass is 16.5. The van der Waals surface area contributed by atoms with Gasteiger partial charge in [0.2, 0.25) is 5.91 Å². The van der Waals surface area contributed by atoms with Crippen molar-refractivity contribution in [1.82, 2.24) is 0 Å². The van der Waals surface area contributed by atoms with E-state index in [2.05, 4.69) is 10.6 Å². The smallest absolute Gasteiger partial charge is 0.258 e. The lowest BCUT2D eigenvalue weighted by molar-refractivity contribution is -0.118. The van der Waals surface area contributed by atoms with Crippen LogP contribution >= 0.6 is 0 Å². The van der Waals surface area contributed by atoms with Crippen molar-refractivity contribution in [2.24, 2.45) is 5.73 Å². The molecule has 0 spiro atoms. The first-order chi connectivity index (χ1) is 18.0. The number of fused-ring (bicyclic) bond motifs is 1. The van der Waals surface area contributed by atoms with E-state index < -0.39 is 0 Å². The maximum atomic E-state index is 13.3. The highest BCUT2D eigenvalue weighted by Gasteiger charge is 2.30. The van der Waals surface area contributed by atoms with E-state index in [9.17, 15) is 9.59 Å². The maximum absolute atomic E-state index is 13.3. The van der Waals surface area contributed by atoms with Gasteiger partial charge >= 0.3 is 0 Å². The lowest BCUT2D eigenvalue weighted by Crippen LogP contribution is -2.27. The SMILES string of the molecule is CCOc1cc2c(cc1OCC)/C(=C(\Nc1ccc(N(C)C(=O)CCN)cc1)c1ccccc1)C(=O)N2. The third kappa shape index (κ3) is 5.59. The van der Waals surface area contributed by atoms with Gasteiger partial charge in [-0.25, -0.2) is 0 Å². The van der Waals surface area contributed by atoms with Crippen LogP contribution in [0.5, 0.6) is 11.5 Å². The van der Waals surface area contributed by atoms with Crippen LogP contribution < -0.4 is 30.7 Å². The van der Waals surface area contributed by atoms with Gasteiger partial charge in [-0.15, -0.1) is 0 Å². The second-order valence-corrected chi connectivity index (χ2v) is 8.44. The minimum absolute atomic E-state index is 0.0499. The summed E-state index contributed by atoms with van der Waals surface area (Å²) in [7, 11) is 1.73. The Hall–Kier alpha value is -4.30. The predicted octanol–water partition coefficient (Wildman–Crippen LogP) is 4.73. The average molecular weight is 501 g/mol. The topological polar surface area (TPSA) is 106 Å². The van der Waals surface area contributed by atoms with Crippen molar-refractivity contribution in [3.8, 4) is 11.5 Å². The molecule has 4 N–H and O–H groups in total. The van der Waals surface area contributed by atoms with Gasteiger partial charge in [0.1, 0.15) is 0 Å². The number of amides is 2. The molecule has 0 radical (unpaired) electrons. The maximum Gasteiger partial charge on any atom is 0.258 e. The molecule has 37 heavy (non-hydrogen) atoms.